The lowest BCUT2D eigenvalue weighted by atomic mass is 10.0. The molecule has 1 aromatic carbocycles. The first-order valence-electron chi connectivity index (χ1n) is 6.15. The maximum absolute atomic E-state index is 12.3. The van der Waals surface area contributed by atoms with Crippen LogP contribution in [0.5, 0.6) is 0 Å². The number of hydrogen-bond donors (Lipinski definition) is 1. The molecule has 1 aliphatic rings. The second kappa shape index (κ2) is 4.06. The molecule has 0 heterocycles. The van der Waals surface area contributed by atoms with Gasteiger partial charge in [0.25, 0.3) is 0 Å². The van der Waals surface area contributed by atoms with Gasteiger partial charge in [-0.05, 0) is 29.0 Å². The molecule has 1 N–H and O–H groups in total. The minimum Gasteiger partial charge on any atom is -0.207 e. The van der Waals surface area contributed by atoms with Crippen LogP contribution in [0.15, 0.2) is 29.2 Å². The molecule has 0 saturated heterocycles. The molecule has 0 atom stereocenters. The highest BCUT2D eigenvalue weighted by Crippen LogP contribution is 2.62. The predicted octanol–water partition coefficient (Wildman–Crippen LogP) is 2.27. The normalized spacial score (nSPS) is 20.8. The van der Waals surface area contributed by atoms with Gasteiger partial charge in [-0.25, -0.2) is 13.1 Å². The van der Waals surface area contributed by atoms with Gasteiger partial charge in [0, 0.05) is 6.04 Å². The molecule has 0 bridgehead atoms. The van der Waals surface area contributed by atoms with Crippen LogP contribution in [0.25, 0.3) is 0 Å². The first kappa shape index (κ1) is 14.0. The minimum absolute atomic E-state index is 0.0626. The van der Waals surface area contributed by atoms with E-state index < -0.39 is 10.0 Å². The fraction of sp³-hybridized carbons (Fsp3) is 0.500. The van der Waals surface area contributed by atoms with Crippen molar-refractivity contribution in [2.45, 2.75) is 38.6 Å². The summed E-state index contributed by atoms with van der Waals surface area (Å²) in [6.45, 7) is 8.19. The summed E-state index contributed by atoms with van der Waals surface area (Å²) < 4.78 is 27.4. The summed E-state index contributed by atoms with van der Waals surface area (Å²) in [4.78, 5) is 0.144. The molecule has 0 aliphatic heterocycles. The van der Waals surface area contributed by atoms with Crippen LogP contribution in [0.2, 0.25) is 0 Å². The Hall–Kier alpha value is -1.38. The Labute approximate surface area is 114 Å². The van der Waals surface area contributed by atoms with Crippen LogP contribution in [0, 0.1) is 22.2 Å². The number of nitriles is 1. The maximum Gasteiger partial charge on any atom is 0.240 e. The minimum atomic E-state index is -3.57. The van der Waals surface area contributed by atoms with Crippen molar-refractivity contribution in [2.75, 3.05) is 0 Å². The summed E-state index contributed by atoms with van der Waals surface area (Å²) in [6, 6.07) is 7.93. The summed E-state index contributed by atoms with van der Waals surface area (Å²) in [5.74, 6) is 0. The molecule has 1 aromatic rings. The van der Waals surface area contributed by atoms with Gasteiger partial charge in [0.2, 0.25) is 10.0 Å². The Morgan fingerprint density at radius 2 is 1.79 bits per heavy atom. The Morgan fingerprint density at radius 3 is 2.26 bits per heavy atom. The van der Waals surface area contributed by atoms with Crippen molar-refractivity contribution < 1.29 is 8.42 Å². The number of benzene rings is 1. The van der Waals surface area contributed by atoms with Gasteiger partial charge in [0.05, 0.1) is 16.5 Å². The van der Waals surface area contributed by atoms with Gasteiger partial charge >= 0.3 is 0 Å². The molecule has 0 radical (unpaired) electrons. The summed E-state index contributed by atoms with van der Waals surface area (Å²) in [5.41, 5.74) is 0.219. The zero-order valence-electron chi connectivity index (χ0n) is 11.6. The summed E-state index contributed by atoms with van der Waals surface area (Å²) in [6.07, 6.45) is 0. The largest absolute Gasteiger partial charge is 0.240 e. The number of nitrogens with one attached hydrogen (secondary N) is 1. The molecule has 0 spiro atoms. The highest BCUT2D eigenvalue weighted by atomic mass is 32.2. The SMILES string of the molecule is CC1(C)C(NS(=O)(=O)c2cccc(C#N)c2)C1(C)C. The van der Waals surface area contributed by atoms with Gasteiger partial charge in [0.1, 0.15) is 0 Å². The van der Waals surface area contributed by atoms with Gasteiger partial charge in [-0.2, -0.15) is 5.26 Å². The summed E-state index contributed by atoms with van der Waals surface area (Å²) in [5, 5.41) is 8.82. The Morgan fingerprint density at radius 1 is 1.21 bits per heavy atom. The van der Waals surface area contributed by atoms with Crippen molar-refractivity contribution in [3.8, 4) is 6.07 Å². The Bertz CT molecular complexity index is 640. The van der Waals surface area contributed by atoms with Gasteiger partial charge in [-0.15, -0.1) is 0 Å². The molecule has 0 amide bonds. The number of nitrogens with zero attached hydrogens (tertiary/aromatic N) is 1. The third kappa shape index (κ3) is 2.15. The average molecular weight is 278 g/mol. The first-order chi connectivity index (χ1) is 8.63. The fourth-order valence-corrected chi connectivity index (χ4v) is 4.02. The lowest BCUT2D eigenvalue weighted by Crippen LogP contribution is -2.29. The van der Waals surface area contributed by atoms with Crippen molar-refractivity contribution in [1.82, 2.24) is 4.72 Å². The lowest BCUT2D eigenvalue weighted by Gasteiger charge is -2.08. The second-order valence-electron chi connectivity index (χ2n) is 6.14. The smallest absolute Gasteiger partial charge is 0.207 e. The quantitative estimate of drug-likeness (QED) is 0.922. The molecule has 5 heteroatoms. The Kier molecular flexibility index (Phi) is 3.00. The van der Waals surface area contributed by atoms with Crippen molar-refractivity contribution in [2.24, 2.45) is 10.8 Å². The predicted molar refractivity (Wildman–Crippen MR) is 72.8 cm³/mol. The summed E-state index contributed by atoms with van der Waals surface area (Å²) in [7, 11) is -3.57. The van der Waals surface area contributed by atoms with E-state index in [4.69, 9.17) is 5.26 Å². The average Bonchev–Trinajstić information content (AvgIpc) is 2.71. The van der Waals surface area contributed by atoms with E-state index in [1.807, 2.05) is 33.8 Å². The molecule has 102 valence electrons. The topological polar surface area (TPSA) is 70.0 Å². The standard InChI is InChI=1S/C14H18N2O2S/c1-13(2)12(14(13,3)4)16-19(17,18)11-7-5-6-10(8-11)9-15/h5-8,12,16H,1-4H3. The van der Waals surface area contributed by atoms with E-state index in [1.165, 1.54) is 12.1 Å². The van der Waals surface area contributed by atoms with Crippen LogP contribution in [0.4, 0.5) is 0 Å². The van der Waals surface area contributed by atoms with Crippen molar-refractivity contribution >= 4 is 10.0 Å². The molecule has 1 fully saturated rings. The monoisotopic (exact) mass is 278 g/mol. The molecular formula is C14H18N2O2S. The fourth-order valence-electron chi connectivity index (χ4n) is 2.45. The number of hydrogen-bond acceptors (Lipinski definition) is 3. The number of rotatable bonds is 3. The third-order valence-electron chi connectivity index (χ3n) is 4.57. The molecule has 19 heavy (non-hydrogen) atoms. The molecule has 2 rings (SSSR count). The van der Waals surface area contributed by atoms with Crippen molar-refractivity contribution in [3.05, 3.63) is 29.8 Å². The van der Waals surface area contributed by atoms with Crippen LogP contribution in [-0.4, -0.2) is 14.5 Å². The van der Waals surface area contributed by atoms with E-state index in [0.29, 0.717) is 5.56 Å². The molecular weight excluding hydrogens is 260 g/mol. The van der Waals surface area contributed by atoms with Gasteiger partial charge in [-0.1, -0.05) is 33.8 Å². The van der Waals surface area contributed by atoms with E-state index >= 15 is 0 Å². The van der Waals surface area contributed by atoms with Crippen molar-refractivity contribution in [1.29, 1.82) is 5.26 Å². The number of sulfonamides is 1. The maximum atomic E-state index is 12.3. The van der Waals surface area contributed by atoms with E-state index in [2.05, 4.69) is 4.72 Å². The van der Waals surface area contributed by atoms with E-state index in [0.717, 1.165) is 0 Å². The van der Waals surface area contributed by atoms with Crippen LogP contribution < -0.4 is 4.72 Å². The van der Waals surface area contributed by atoms with E-state index in [-0.39, 0.29) is 21.8 Å². The van der Waals surface area contributed by atoms with Gasteiger partial charge in [0.15, 0.2) is 0 Å². The zero-order chi connectivity index (χ0) is 14.5. The van der Waals surface area contributed by atoms with Crippen LogP contribution >= 0.6 is 0 Å². The first-order valence-corrected chi connectivity index (χ1v) is 7.64. The molecule has 1 saturated carbocycles. The Balaban J connectivity index is 2.28. The molecule has 0 unspecified atom stereocenters. The highest BCUT2D eigenvalue weighted by molar-refractivity contribution is 7.89. The highest BCUT2D eigenvalue weighted by Gasteiger charge is 2.65. The van der Waals surface area contributed by atoms with Crippen LogP contribution in [0.3, 0.4) is 0 Å². The van der Waals surface area contributed by atoms with Gasteiger partial charge in [-0.3, -0.25) is 0 Å². The summed E-state index contributed by atoms with van der Waals surface area (Å²) >= 11 is 0. The molecule has 4 nitrogen and oxygen atoms in total. The molecule has 1 aliphatic carbocycles. The van der Waals surface area contributed by atoms with Crippen LogP contribution in [0.1, 0.15) is 33.3 Å². The second-order valence-corrected chi connectivity index (χ2v) is 7.85. The van der Waals surface area contributed by atoms with Crippen LogP contribution in [-0.2, 0) is 10.0 Å². The van der Waals surface area contributed by atoms with Gasteiger partial charge < -0.3 is 0 Å². The van der Waals surface area contributed by atoms with E-state index in [9.17, 15) is 8.42 Å². The van der Waals surface area contributed by atoms with E-state index in [1.54, 1.807) is 12.1 Å². The third-order valence-corrected chi connectivity index (χ3v) is 5.99. The lowest BCUT2D eigenvalue weighted by molar-refractivity contribution is 0.457. The van der Waals surface area contributed by atoms with Crippen molar-refractivity contribution in [3.63, 3.8) is 0 Å². The zero-order valence-corrected chi connectivity index (χ0v) is 12.4. The molecule has 0 aromatic heterocycles.